The maximum atomic E-state index is 11.5. The van der Waals surface area contributed by atoms with E-state index in [1.54, 1.807) is 0 Å². The van der Waals surface area contributed by atoms with Gasteiger partial charge >= 0.3 is 6.03 Å². The van der Waals surface area contributed by atoms with Crippen molar-refractivity contribution in [3.05, 3.63) is 0 Å². The molecule has 4 heteroatoms. The van der Waals surface area contributed by atoms with Gasteiger partial charge in [0.05, 0.1) is 0 Å². The molecule has 0 aliphatic carbocycles. The monoisotopic (exact) mass is 215 g/mol. The van der Waals surface area contributed by atoms with Crippen molar-refractivity contribution in [1.29, 1.82) is 0 Å². The van der Waals surface area contributed by atoms with Crippen LogP contribution in [0.25, 0.3) is 0 Å². The molecule has 1 unspecified atom stereocenters. The lowest BCUT2D eigenvalue weighted by atomic mass is 10.1. The van der Waals surface area contributed by atoms with Crippen LogP contribution in [0.5, 0.6) is 0 Å². The Morgan fingerprint density at radius 1 is 1.33 bits per heavy atom. The van der Waals surface area contributed by atoms with Crippen molar-refractivity contribution in [2.75, 3.05) is 20.6 Å². The smallest absolute Gasteiger partial charge is 0.315 e. The molecule has 0 saturated heterocycles. The van der Waals surface area contributed by atoms with Gasteiger partial charge in [0, 0.05) is 11.6 Å². The predicted octanol–water partition coefficient (Wildman–Crippen LogP) is 1.42. The van der Waals surface area contributed by atoms with Crippen LogP contribution < -0.4 is 10.6 Å². The van der Waals surface area contributed by atoms with E-state index in [2.05, 4.69) is 15.5 Å². The molecule has 0 radical (unpaired) electrons. The average Bonchev–Trinajstić information content (AvgIpc) is 1.96. The molecule has 0 aromatic rings. The van der Waals surface area contributed by atoms with Crippen LogP contribution in [0.4, 0.5) is 4.79 Å². The van der Waals surface area contributed by atoms with Gasteiger partial charge < -0.3 is 15.5 Å². The predicted molar refractivity (Wildman–Crippen MR) is 64.1 cm³/mol. The van der Waals surface area contributed by atoms with Crippen molar-refractivity contribution in [3.8, 4) is 0 Å². The van der Waals surface area contributed by atoms with Crippen LogP contribution in [-0.4, -0.2) is 43.2 Å². The number of rotatable bonds is 4. The fourth-order valence-electron chi connectivity index (χ4n) is 1.12. The van der Waals surface area contributed by atoms with Gasteiger partial charge in [-0.15, -0.1) is 0 Å². The van der Waals surface area contributed by atoms with Gasteiger partial charge in [0.15, 0.2) is 0 Å². The number of carbonyl (C=O) groups is 1. The summed E-state index contributed by atoms with van der Waals surface area (Å²) in [6, 6.07) is 0.114. The summed E-state index contributed by atoms with van der Waals surface area (Å²) in [5.41, 5.74) is -0.175. The summed E-state index contributed by atoms with van der Waals surface area (Å²) in [4.78, 5) is 13.6. The van der Waals surface area contributed by atoms with Gasteiger partial charge in [0.25, 0.3) is 0 Å². The molecule has 0 bridgehead atoms. The minimum Gasteiger partial charge on any atom is -0.336 e. The Kier molecular flexibility index (Phi) is 5.65. The molecule has 0 spiro atoms. The summed E-state index contributed by atoms with van der Waals surface area (Å²) in [6.45, 7) is 8.91. The first kappa shape index (κ1) is 14.2. The van der Waals surface area contributed by atoms with Gasteiger partial charge in [-0.05, 0) is 54.8 Å². The Bertz CT molecular complexity index is 196. The number of amides is 2. The average molecular weight is 215 g/mol. The summed E-state index contributed by atoms with van der Waals surface area (Å²) in [5.74, 6) is 0. The fourth-order valence-corrected chi connectivity index (χ4v) is 1.12. The van der Waals surface area contributed by atoms with Gasteiger partial charge in [-0.25, -0.2) is 4.79 Å². The molecule has 0 aliphatic rings. The highest BCUT2D eigenvalue weighted by atomic mass is 16.2. The zero-order valence-corrected chi connectivity index (χ0v) is 10.8. The molecule has 0 fully saturated rings. The molecule has 90 valence electrons. The van der Waals surface area contributed by atoms with E-state index in [1.807, 2.05) is 41.8 Å². The summed E-state index contributed by atoms with van der Waals surface area (Å²) in [7, 11) is 4.06. The first-order chi connectivity index (χ1) is 6.70. The summed E-state index contributed by atoms with van der Waals surface area (Å²) in [6.07, 6.45) is 0.963. The number of carbonyl (C=O) groups excluding carboxylic acids is 1. The molecule has 0 heterocycles. The topological polar surface area (TPSA) is 44.4 Å². The lowest BCUT2D eigenvalue weighted by Gasteiger charge is -2.23. The van der Waals surface area contributed by atoms with E-state index in [-0.39, 0.29) is 17.6 Å². The van der Waals surface area contributed by atoms with Gasteiger partial charge in [-0.2, -0.15) is 0 Å². The van der Waals surface area contributed by atoms with E-state index >= 15 is 0 Å². The van der Waals surface area contributed by atoms with Crippen LogP contribution in [0.15, 0.2) is 0 Å². The highest BCUT2D eigenvalue weighted by molar-refractivity contribution is 5.74. The summed E-state index contributed by atoms with van der Waals surface area (Å²) >= 11 is 0. The lowest BCUT2D eigenvalue weighted by Crippen LogP contribution is -2.49. The molecule has 0 saturated carbocycles. The summed E-state index contributed by atoms with van der Waals surface area (Å²) in [5, 5.41) is 5.79. The number of nitrogens with one attached hydrogen (secondary N) is 2. The Labute approximate surface area is 93.4 Å². The van der Waals surface area contributed by atoms with Crippen molar-refractivity contribution in [2.45, 2.75) is 45.7 Å². The molecule has 0 aromatic heterocycles. The van der Waals surface area contributed by atoms with E-state index in [0.717, 1.165) is 13.0 Å². The first-order valence-corrected chi connectivity index (χ1v) is 5.44. The van der Waals surface area contributed by atoms with Crippen LogP contribution in [0, 0.1) is 0 Å². The third kappa shape index (κ3) is 9.53. The Hall–Kier alpha value is -0.770. The largest absolute Gasteiger partial charge is 0.336 e. The molecule has 2 amide bonds. The van der Waals surface area contributed by atoms with Crippen molar-refractivity contribution < 1.29 is 4.79 Å². The zero-order chi connectivity index (χ0) is 12.1. The Morgan fingerprint density at radius 2 is 1.87 bits per heavy atom. The minimum atomic E-state index is -0.175. The Morgan fingerprint density at radius 3 is 2.27 bits per heavy atom. The highest BCUT2D eigenvalue weighted by Crippen LogP contribution is 1.98. The zero-order valence-electron chi connectivity index (χ0n) is 10.8. The maximum Gasteiger partial charge on any atom is 0.315 e. The quantitative estimate of drug-likeness (QED) is 0.745. The second-order valence-electron chi connectivity index (χ2n) is 5.34. The van der Waals surface area contributed by atoms with Crippen molar-refractivity contribution >= 4 is 6.03 Å². The third-order valence-corrected chi connectivity index (χ3v) is 1.88. The molecule has 0 aromatic carbocycles. The number of nitrogens with zero attached hydrogens (tertiary/aromatic N) is 1. The van der Waals surface area contributed by atoms with Crippen LogP contribution in [0.2, 0.25) is 0 Å². The molecule has 4 nitrogen and oxygen atoms in total. The van der Waals surface area contributed by atoms with Gasteiger partial charge in [0.2, 0.25) is 0 Å². The standard InChI is InChI=1S/C11H25N3O/c1-9(7-8-14(5)6)12-10(15)13-11(2,3)4/h9H,7-8H2,1-6H3,(H2,12,13,15). The number of urea groups is 1. The molecular weight excluding hydrogens is 190 g/mol. The van der Waals surface area contributed by atoms with E-state index in [9.17, 15) is 4.79 Å². The van der Waals surface area contributed by atoms with Crippen molar-refractivity contribution in [3.63, 3.8) is 0 Å². The molecule has 15 heavy (non-hydrogen) atoms. The molecule has 0 aliphatic heterocycles. The third-order valence-electron chi connectivity index (χ3n) is 1.88. The SMILES string of the molecule is CC(CCN(C)C)NC(=O)NC(C)(C)C. The van der Waals surface area contributed by atoms with Crippen molar-refractivity contribution in [2.24, 2.45) is 0 Å². The van der Waals surface area contributed by atoms with Crippen LogP contribution in [0.1, 0.15) is 34.1 Å². The second kappa shape index (κ2) is 5.95. The van der Waals surface area contributed by atoms with E-state index in [0.29, 0.717) is 0 Å². The molecular formula is C11H25N3O. The number of hydrogen-bond donors (Lipinski definition) is 2. The van der Waals surface area contributed by atoms with Crippen LogP contribution in [0.3, 0.4) is 0 Å². The van der Waals surface area contributed by atoms with E-state index in [4.69, 9.17) is 0 Å². The second-order valence-corrected chi connectivity index (χ2v) is 5.34. The molecule has 0 rings (SSSR count). The summed E-state index contributed by atoms with van der Waals surface area (Å²) < 4.78 is 0. The lowest BCUT2D eigenvalue weighted by molar-refractivity contribution is 0.227. The fraction of sp³-hybridized carbons (Fsp3) is 0.909. The maximum absolute atomic E-state index is 11.5. The van der Waals surface area contributed by atoms with Crippen LogP contribution in [-0.2, 0) is 0 Å². The van der Waals surface area contributed by atoms with Gasteiger partial charge in [0.1, 0.15) is 0 Å². The van der Waals surface area contributed by atoms with E-state index in [1.165, 1.54) is 0 Å². The number of hydrogen-bond acceptors (Lipinski definition) is 2. The molecule has 2 N–H and O–H groups in total. The van der Waals surface area contributed by atoms with Gasteiger partial charge in [-0.3, -0.25) is 0 Å². The minimum absolute atomic E-state index is 0.0891. The highest BCUT2D eigenvalue weighted by Gasteiger charge is 2.14. The normalized spacial score (nSPS) is 13.8. The van der Waals surface area contributed by atoms with Crippen molar-refractivity contribution in [1.82, 2.24) is 15.5 Å². The van der Waals surface area contributed by atoms with Gasteiger partial charge in [-0.1, -0.05) is 0 Å². The van der Waals surface area contributed by atoms with E-state index < -0.39 is 0 Å². The molecule has 1 atom stereocenters. The Balaban J connectivity index is 3.77. The van der Waals surface area contributed by atoms with Crippen LogP contribution >= 0.6 is 0 Å². The first-order valence-electron chi connectivity index (χ1n) is 5.44.